The van der Waals surface area contributed by atoms with Crippen molar-refractivity contribution in [2.75, 3.05) is 11.8 Å². The third-order valence-electron chi connectivity index (χ3n) is 2.75. The Hall–Kier alpha value is -0.150. The molecule has 0 fully saturated rings. The minimum absolute atomic E-state index is 0.250. The number of carbonyl (C=O) groups excluding carboxylic acids is 1. The van der Waals surface area contributed by atoms with Gasteiger partial charge in [-0.15, -0.1) is 23.2 Å². The molecule has 1 aromatic rings. The molecule has 0 radical (unpaired) electrons. The van der Waals surface area contributed by atoms with E-state index in [4.69, 9.17) is 46.4 Å². The SMILES string of the molecule is CCC(CCl)(CCl)NC(=O)c1ccc(Cl)c(Cl)c1. The number of hydrogen-bond donors (Lipinski definition) is 1. The average molecular weight is 329 g/mol. The average Bonchev–Trinajstić information content (AvgIpc) is 2.39. The Morgan fingerprint density at radius 3 is 2.28 bits per heavy atom. The lowest BCUT2D eigenvalue weighted by molar-refractivity contribution is 0.0913. The van der Waals surface area contributed by atoms with Crippen molar-refractivity contribution in [3.05, 3.63) is 33.8 Å². The Morgan fingerprint density at radius 2 is 1.83 bits per heavy atom. The van der Waals surface area contributed by atoms with Gasteiger partial charge in [0.2, 0.25) is 0 Å². The van der Waals surface area contributed by atoms with Crippen LogP contribution in [0.5, 0.6) is 0 Å². The molecule has 18 heavy (non-hydrogen) atoms. The zero-order valence-corrected chi connectivity index (χ0v) is 12.8. The number of carbonyl (C=O) groups is 1. The van der Waals surface area contributed by atoms with E-state index < -0.39 is 5.54 Å². The first kappa shape index (κ1) is 15.9. The third-order valence-corrected chi connectivity index (χ3v) is 4.51. The molecule has 0 saturated heterocycles. The molecule has 0 atom stereocenters. The maximum Gasteiger partial charge on any atom is 0.251 e. The Labute approximate surface area is 127 Å². The highest BCUT2D eigenvalue weighted by molar-refractivity contribution is 6.42. The summed E-state index contributed by atoms with van der Waals surface area (Å²) in [6.07, 6.45) is 0.646. The fourth-order valence-corrected chi connectivity index (χ4v) is 2.43. The van der Waals surface area contributed by atoms with Crippen LogP contribution in [0.25, 0.3) is 0 Å². The van der Waals surface area contributed by atoms with Crippen molar-refractivity contribution in [3.63, 3.8) is 0 Å². The Balaban J connectivity index is 2.90. The van der Waals surface area contributed by atoms with E-state index in [0.29, 0.717) is 22.0 Å². The maximum atomic E-state index is 12.1. The highest BCUT2D eigenvalue weighted by Gasteiger charge is 2.28. The first-order chi connectivity index (χ1) is 8.48. The van der Waals surface area contributed by atoms with E-state index in [1.807, 2.05) is 6.92 Å². The van der Waals surface area contributed by atoms with Gasteiger partial charge in [0.1, 0.15) is 0 Å². The van der Waals surface area contributed by atoms with E-state index in [1.54, 1.807) is 12.1 Å². The first-order valence-corrected chi connectivity index (χ1v) is 7.20. The van der Waals surface area contributed by atoms with Crippen LogP contribution < -0.4 is 5.32 Å². The Bertz CT molecular complexity index is 424. The van der Waals surface area contributed by atoms with Gasteiger partial charge in [0, 0.05) is 17.3 Å². The summed E-state index contributed by atoms with van der Waals surface area (Å²) in [4.78, 5) is 12.1. The smallest absolute Gasteiger partial charge is 0.251 e. The molecule has 1 N–H and O–H groups in total. The molecule has 0 saturated carbocycles. The molecule has 0 aliphatic rings. The number of benzene rings is 1. The first-order valence-electron chi connectivity index (χ1n) is 5.37. The van der Waals surface area contributed by atoms with Crippen LogP contribution in [0.15, 0.2) is 18.2 Å². The van der Waals surface area contributed by atoms with Gasteiger partial charge in [-0.3, -0.25) is 4.79 Å². The van der Waals surface area contributed by atoms with Crippen LogP contribution in [0.2, 0.25) is 10.0 Å². The monoisotopic (exact) mass is 327 g/mol. The summed E-state index contributed by atoms with van der Waals surface area (Å²) in [6.45, 7) is 1.92. The van der Waals surface area contributed by atoms with E-state index in [-0.39, 0.29) is 17.7 Å². The Kier molecular flexibility index (Phi) is 6.06. The summed E-state index contributed by atoms with van der Waals surface area (Å²) in [6, 6.07) is 4.70. The zero-order chi connectivity index (χ0) is 13.8. The van der Waals surface area contributed by atoms with Crippen molar-refractivity contribution >= 4 is 52.3 Å². The van der Waals surface area contributed by atoms with Crippen LogP contribution >= 0.6 is 46.4 Å². The molecule has 0 heterocycles. The van der Waals surface area contributed by atoms with Gasteiger partial charge >= 0.3 is 0 Å². The second kappa shape index (κ2) is 6.85. The van der Waals surface area contributed by atoms with Gasteiger partial charge in [-0.2, -0.15) is 0 Å². The van der Waals surface area contributed by atoms with Crippen molar-refractivity contribution in [1.29, 1.82) is 0 Å². The van der Waals surface area contributed by atoms with Gasteiger partial charge in [0.15, 0.2) is 0 Å². The zero-order valence-electron chi connectivity index (χ0n) is 9.77. The van der Waals surface area contributed by atoms with Crippen LogP contribution in [-0.4, -0.2) is 23.2 Å². The number of halogens is 4. The van der Waals surface area contributed by atoms with Crippen LogP contribution in [0.4, 0.5) is 0 Å². The highest BCUT2D eigenvalue weighted by Crippen LogP contribution is 2.23. The number of hydrogen-bond acceptors (Lipinski definition) is 1. The molecule has 0 aliphatic heterocycles. The molecule has 1 amide bonds. The van der Waals surface area contributed by atoms with Gasteiger partial charge in [0.25, 0.3) is 5.91 Å². The van der Waals surface area contributed by atoms with E-state index in [9.17, 15) is 4.79 Å². The van der Waals surface area contributed by atoms with Gasteiger partial charge in [-0.1, -0.05) is 30.1 Å². The molecule has 0 bridgehead atoms. The standard InChI is InChI=1S/C12H13Cl4NO/c1-2-12(6-13,7-14)17-11(18)8-3-4-9(15)10(16)5-8/h3-5H,2,6-7H2,1H3,(H,17,18). The van der Waals surface area contributed by atoms with Crippen molar-refractivity contribution in [1.82, 2.24) is 5.32 Å². The van der Waals surface area contributed by atoms with E-state index >= 15 is 0 Å². The van der Waals surface area contributed by atoms with Crippen LogP contribution in [-0.2, 0) is 0 Å². The predicted molar refractivity (Wildman–Crippen MR) is 78.4 cm³/mol. The van der Waals surface area contributed by atoms with E-state index in [2.05, 4.69) is 5.32 Å². The molecule has 1 aromatic carbocycles. The van der Waals surface area contributed by atoms with Crippen molar-refractivity contribution < 1.29 is 4.79 Å². The van der Waals surface area contributed by atoms with Crippen LogP contribution in [0.3, 0.4) is 0 Å². The predicted octanol–water partition coefficient (Wildman–Crippen LogP) is 4.35. The quantitative estimate of drug-likeness (QED) is 0.800. The van der Waals surface area contributed by atoms with Crippen LogP contribution in [0.1, 0.15) is 23.7 Å². The number of nitrogens with one attached hydrogen (secondary N) is 1. The number of alkyl halides is 2. The van der Waals surface area contributed by atoms with Gasteiger partial charge in [-0.25, -0.2) is 0 Å². The molecular formula is C12H13Cl4NO. The topological polar surface area (TPSA) is 29.1 Å². The summed E-state index contributed by atoms with van der Waals surface area (Å²) in [5, 5.41) is 3.58. The molecule has 6 heteroatoms. The normalized spacial score (nSPS) is 11.4. The molecule has 0 aliphatic carbocycles. The number of amides is 1. The fraction of sp³-hybridized carbons (Fsp3) is 0.417. The minimum atomic E-state index is -0.605. The molecule has 2 nitrogen and oxygen atoms in total. The second-order valence-corrected chi connectivity index (χ2v) is 5.33. The molecule has 0 unspecified atom stereocenters. The van der Waals surface area contributed by atoms with Gasteiger partial charge < -0.3 is 5.32 Å². The van der Waals surface area contributed by atoms with E-state index in [0.717, 1.165) is 0 Å². The number of rotatable bonds is 5. The third kappa shape index (κ3) is 3.67. The molecule has 1 rings (SSSR count). The summed E-state index contributed by atoms with van der Waals surface area (Å²) in [5.74, 6) is 0.233. The van der Waals surface area contributed by atoms with Crippen molar-refractivity contribution in [2.45, 2.75) is 18.9 Å². The minimum Gasteiger partial charge on any atom is -0.344 e. The summed E-state index contributed by atoms with van der Waals surface area (Å²) in [5.41, 5.74) is -0.177. The van der Waals surface area contributed by atoms with Crippen molar-refractivity contribution in [2.24, 2.45) is 0 Å². The molecule has 0 aromatic heterocycles. The van der Waals surface area contributed by atoms with Gasteiger partial charge in [-0.05, 0) is 24.6 Å². The maximum absolute atomic E-state index is 12.1. The summed E-state index contributed by atoms with van der Waals surface area (Å²) in [7, 11) is 0. The lowest BCUT2D eigenvalue weighted by Gasteiger charge is -2.29. The second-order valence-electron chi connectivity index (χ2n) is 3.98. The fourth-order valence-electron chi connectivity index (χ4n) is 1.33. The largest absolute Gasteiger partial charge is 0.344 e. The van der Waals surface area contributed by atoms with Crippen molar-refractivity contribution in [3.8, 4) is 0 Å². The summed E-state index contributed by atoms with van der Waals surface area (Å²) >= 11 is 23.4. The summed E-state index contributed by atoms with van der Waals surface area (Å²) < 4.78 is 0. The molecular weight excluding hydrogens is 316 g/mol. The molecule has 0 spiro atoms. The van der Waals surface area contributed by atoms with Crippen LogP contribution in [0, 0.1) is 0 Å². The molecule has 100 valence electrons. The lowest BCUT2D eigenvalue weighted by Crippen LogP contribution is -2.51. The highest BCUT2D eigenvalue weighted by atomic mass is 35.5. The van der Waals surface area contributed by atoms with Gasteiger partial charge in [0.05, 0.1) is 15.6 Å². The lowest BCUT2D eigenvalue weighted by atomic mass is 10.0. The Morgan fingerprint density at radius 1 is 1.22 bits per heavy atom. The van der Waals surface area contributed by atoms with E-state index in [1.165, 1.54) is 6.07 Å².